The van der Waals surface area contributed by atoms with Gasteiger partial charge in [-0.3, -0.25) is 14.7 Å². The van der Waals surface area contributed by atoms with Crippen molar-refractivity contribution in [1.82, 2.24) is 14.8 Å². The van der Waals surface area contributed by atoms with E-state index in [0.717, 1.165) is 16.6 Å². The van der Waals surface area contributed by atoms with E-state index < -0.39 is 4.92 Å². The van der Waals surface area contributed by atoms with E-state index in [1.165, 1.54) is 17.7 Å². The van der Waals surface area contributed by atoms with Crippen LogP contribution in [0.2, 0.25) is 0 Å². The fourth-order valence-corrected chi connectivity index (χ4v) is 3.75. The Morgan fingerprint density at radius 2 is 1.61 bits per heavy atom. The van der Waals surface area contributed by atoms with E-state index in [1.54, 1.807) is 17.8 Å². The third-order valence-corrected chi connectivity index (χ3v) is 5.17. The van der Waals surface area contributed by atoms with Crippen molar-refractivity contribution >= 4 is 17.4 Å². The molecule has 0 spiro atoms. The van der Waals surface area contributed by atoms with Gasteiger partial charge in [-0.1, -0.05) is 72.4 Å². The smallest absolute Gasteiger partial charge is 0.270 e. The van der Waals surface area contributed by atoms with Crippen LogP contribution >= 0.6 is 11.8 Å². The summed E-state index contributed by atoms with van der Waals surface area (Å²) >= 11 is 1.58. The van der Waals surface area contributed by atoms with Gasteiger partial charge in [0.25, 0.3) is 5.69 Å². The third kappa shape index (κ3) is 3.79. The van der Waals surface area contributed by atoms with Crippen LogP contribution in [0.5, 0.6) is 0 Å². The molecule has 0 saturated heterocycles. The molecule has 138 valence electrons. The van der Waals surface area contributed by atoms with Gasteiger partial charge in [0, 0.05) is 29.1 Å². The number of aromatic nitrogens is 3. The van der Waals surface area contributed by atoms with Crippen LogP contribution in [-0.2, 0) is 5.75 Å². The molecule has 0 aliphatic heterocycles. The summed E-state index contributed by atoms with van der Waals surface area (Å²) in [5, 5.41) is 20.6. The maximum atomic E-state index is 11.2. The van der Waals surface area contributed by atoms with Crippen molar-refractivity contribution in [1.29, 1.82) is 0 Å². The SMILES string of the molecule is O=[N+]([O-])c1cccc(-c2nnc(SCc3ccccc3)n2-c2ccccc2)c1. The van der Waals surface area contributed by atoms with E-state index in [-0.39, 0.29) is 5.69 Å². The van der Waals surface area contributed by atoms with Gasteiger partial charge in [-0.15, -0.1) is 10.2 Å². The molecule has 1 heterocycles. The highest BCUT2D eigenvalue weighted by molar-refractivity contribution is 7.98. The maximum absolute atomic E-state index is 11.2. The number of nitrogens with zero attached hydrogens (tertiary/aromatic N) is 4. The molecular formula is C21H16N4O2S. The van der Waals surface area contributed by atoms with Gasteiger partial charge in [0.2, 0.25) is 0 Å². The Balaban J connectivity index is 1.76. The monoisotopic (exact) mass is 388 g/mol. The first-order chi connectivity index (χ1) is 13.7. The van der Waals surface area contributed by atoms with Gasteiger partial charge in [0.15, 0.2) is 11.0 Å². The van der Waals surface area contributed by atoms with Gasteiger partial charge in [-0.05, 0) is 17.7 Å². The summed E-state index contributed by atoms with van der Waals surface area (Å²) in [6.45, 7) is 0. The Bertz CT molecular complexity index is 1100. The van der Waals surface area contributed by atoms with Gasteiger partial charge >= 0.3 is 0 Å². The van der Waals surface area contributed by atoms with Crippen molar-refractivity contribution < 1.29 is 4.92 Å². The van der Waals surface area contributed by atoms with Gasteiger partial charge < -0.3 is 0 Å². The lowest BCUT2D eigenvalue weighted by molar-refractivity contribution is -0.384. The summed E-state index contributed by atoms with van der Waals surface area (Å²) in [7, 11) is 0. The summed E-state index contributed by atoms with van der Waals surface area (Å²) in [5.74, 6) is 1.33. The first-order valence-corrected chi connectivity index (χ1v) is 9.63. The van der Waals surface area contributed by atoms with E-state index in [4.69, 9.17) is 0 Å². The Morgan fingerprint density at radius 3 is 2.32 bits per heavy atom. The molecule has 0 bridgehead atoms. The average Bonchev–Trinajstić information content (AvgIpc) is 3.18. The van der Waals surface area contributed by atoms with Crippen LogP contribution < -0.4 is 0 Å². The average molecular weight is 388 g/mol. The summed E-state index contributed by atoms with van der Waals surface area (Å²) < 4.78 is 1.94. The Morgan fingerprint density at radius 1 is 0.893 bits per heavy atom. The number of non-ortho nitro benzene ring substituents is 1. The Kier molecular flexibility index (Phi) is 5.16. The highest BCUT2D eigenvalue weighted by atomic mass is 32.2. The Hall–Kier alpha value is -3.45. The van der Waals surface area contributed by atoms with E-state index in [0.29, 0.717) is 11.4 Å². The molecule has 0 atom stereocenters. The largest absolute Gasteiger partial charge is 0.270 e. The van der Waals surface area contributed by atoms with E-state index in [1.807, 2.05) is 59.2 Å². The van der Waals surface area contributed by atoms with Crippen molar-refractivity contribution in [3.05, 3.63) is 101 Å². The molecule has 4 aromatic rings. The second kappa shape index (κ2) is 8.06. The zero-order valence-corrected chi connectivity index (χ0v) is 15.6. The molecule has 7 heteroatoms. The highest BCUT2D eigenvalue weighted by Gasteiger charge is 2.18. The van der Waals surface area contributed by atoms with Crippen molar-refractivity contribution in [3.8, 4) is 17.1 Å². The van der Waals surface area contributed by atoms with Gasteiger partial charge in [0.1, 0.15) is 0 Å². The number of hydrogen-bond acceptors (Lipinski definition) is 5. The fourth-order valence-electron chi connectivity index (χ4n) is 2.84. The van der Waals surface area contributed by atoms with E-state index in [9.17, 15) is 10.1 Å². The lowest BCUT2D eigenvalue weighted by atomic mass is 10.2. The van der Waals surface area contributed by atoms with Crippen LogP contribution in [0.15, 0.2) is 90.1 Å². The third-order valence-electron chi connectivity index (χ3n) is 4.17. The zero-order chi connectivity index (χ0) is 19.3. The normalized spacial score (nSPS) is 10.7. The molecule has 4 rings (SSSR count). The summed E-state index contributed by atoms with van der Waals surface area (Å²) in [6.07, 6.45) is 0. The second-order valence-electron chi connectivity index (χ2n) is 6.06. The number of hydrogen-bond donors (Lipinski definition) is 0. The minimum absolute atomic E-state index is 0.0265. The molecule has 0 radical (unpaired) electrons. The first kappa shape index (κ1) is 17.9. The van der Waals surface area contributed by atoms with Crippen molar-refractivity contribution in [3.63, 3.8) is 0 Å². The molecule has 3 aromatic carbocycles. The van der Waals surface area contributed by atoms with Crippen LogP contribution in [0.25, 0.3) is 17.1 Å². The Labute approximate surface area is 166 Å². The second-order valence-corrected chi connectivity index (χ2v) is 7.00. The molecule has 0 saturated carbocycles. The molecule has 0 aliphatic carbocycles. The van der Waals surface area contributed by atoms with Crippen LogP contribution in [0.3, 0.4) is 0 Å². The van der Waals surface area contributed by atoms with Crippen LogP contribution in [0, 0.1) is 10.1 Å². The molecule has 0 unspecified atom stereocenters. The zero-order valence-electron chi connectivity index (χ0n) is 14.8. The number of nitro groups is 1. The first-order valence-electron chi connectivity index (χ1n) is 8.65. The minimum Gasteiger partial charge on any atom is -0.270 e. The molecule has 28 heavy (non-hydrogen) atoms. The summed E-state index contributed by atoms with van der Waals surface area (Å²) in [4.78, 5) is 10.8. The number of benzene rings is 3. The lowest BCUT2D eigenvalue weighted by Gasteiger charge is -2.10. The highest BCUT2D eigenvalue weighted by Crippen LogP contribution is 2.30. The molecule has 1 aromatic heterocycles. The topological polar surface area (TPSA) is 73.8 Å². The van der Waals surface area contributed by atoms with E-state index >= 15 is 0 Å². The molecule has 0 aliphatic rings. The number of para-hydroxylation sites is 1. The predicted molar refractivity (Wildman–Crippen MR) is 109 cm³/mol. The van der Waals surface area contributed by atoms with E-state index in [2.05, 4.69) is 22.3 Å². The summed E-state index contributed by atoms with van der Waals surface area (Å²) in [5.41, 5.74) is 2.77. The van der Waals surface area contributed by atoms with Gasteiger partial charge in [0.05, 0.1) is 4.92 Å². The molecule has 0 amide bonds. The van der Waals surface area contributed by atoms with Crippen LogP contribution in [0.1, 0.15) is 5.56 Å². The molecule has 0 fully saturated rings. The van der Waals surface area contributed by atoms with Gasteiger partial charge in [-0.25, -0.2) is 0 Å². The molecular weight excluding hydrogens is 372 g/mol. The van der Waals surface area contributed by atoms with Crippen LogP contribution in [-0.4, -0.2) is 19.7 Å². The van der Waals surface area contributed by atoms with Crippen molar-refractivity contribution in [2.45, 2.75) is 10.9 Å². The maximum Gasteiger partial charge on any atom is 0.270 e. The number of rotatable bonds is 6. The molecule has 6 nitrogen and oxygen atoms in total. The van der Waals surface area contributed by atoms with Crippen molar-refractivity contribution in [2.24, 2.45) is 0 Å². The number of nitro benzene ring substituents is 1. The van der Waals surface area contributed by atoms with Gasteiger partial charge in [-0.2, -0.15) is 0 Å². The van der Waals surface area contributed by atoms with Crippen LogP contribution in [0.4, 0.5) is 5.69 Å². The molecule has 0 N–H and O–H groups in total. The summed E-state index contributed by atoms with van der Waals surface area (Å²) in [6, 6.07) is 26.4. The number of thioether (sulfide) groups is 1. The lowest BCUT2D eigenvalue weighted by Crippen LogP contribution is -2.00. The standard InChI is InChI=1S/C21H16N4O2S/c26-25(27)19-13-7-10-17(14-19)20-22-23-21(24(20)18-11-5-2-6-12-18)28-15-16-8-3-1-4-9-16/h1-14H,15H2. The fraction of sp³-hybridized carbons (Fsp3) is 0.0476. The predicted octanol–water partition coefficient (Wildman–Crippen LogP) is 5.13. The quantitative estimate of drug-likeness (QED) is 0.260. The van der Waals surface area contributed by atoms with Crippen molar-refractivity contribution in [2.75, 3.05) is 0 Å². The minimum atomic E-state index is -0.405.